The number of thioether (sulfide) groups is 1. The lowest BCUT2D eigenvalue weighted by molar-refractivity contribution is -0.145. The van der Waals surface area contributed by atoms with E-state index in [2.05, 4.69) is 35.1 Å². The molecule has 1 saturated carbocycles. The Balaban J connectivity index is 1.52. The molecule has 4 N–H and O–H groups in total. The summed E-state index contributed by atoms with van der Waals surface area (Å²) < 4.78 is 27.9. The quantitative estimate of drug-likeness (QED) is 0.209. The molecular weight excluding hydrogens is 681 g/mol. The van der Waals surface area contributed by atoms with Gasteiger partial charge in [0.2, 0.25) is 27.6 Å². The summed E-state index contributed by atoms with van der Waals surface area (Å²) >= 11 is 1.56. The molecule has 1 saturated heterocycles. The van der Waals surface area contributed by atoms with Crippen LogP contribution in [-0.4, -0.2) is 103 Å². The molecule has 0 bridgehead atoms. The van der Waals surface area contributed by atoms with Gasteiger partial charge in [-0.3, -0.25) is 19.2 Å². The van der Waals surface area contributed by atoms with Gasteiger partial charge in [0.15, 0.2) is 0 Å². The van der Waals surface area contributed by atoms with E-state index in [1.54, 1.807) is 18.7 Å². The molecule has 4 rings (SSSR count). The second-order valence-corrected chi connectivity index (χ2v) is 20.0. The average Bonchev–Trinajstić information content (AvgIpc) is 3.46. The van der Waals surface area contributed by atoms with E-state index < -0.39 is 74.6 Å². The third-order valence-electron chi connectivity index (χ3n) is 10.8. The fraction of sp³-hybridized carbons (Fsp3) is 0.800. The first-order chi connectivity index (χ1) is 23.1. The van der Waals surface area contributed by atoms with Crippen LogP contribution < -0.4 is 21.3 Å². The van der Waals surface area contributed by atoms with Crippen molar-refractivity contribution in [2.24, 2.45) is 28.1 Å². The number of likely N-dealkylation sites (N-methyl/N-ethyl adjacent to an activating group) is 1. The van der Waals surface area contributed by atoms with Crippen LogP contribution in [0, 0.1) is 28.1 Å². The van der Waals surface area contributed by atoms with E-state index in [-0.39, 0.29) is 30.3 Å². The topological polar surface area (TPSA) is 174 Å². The molecule has 15 heteroatoms. The maximum atomic E-state index is 14.4. The number of sulfonamides is 1. The molecule has 50 heavy (non-hydrogen) atoms. The summed E-state index contributed by atoms with van der Waals surface area (Å²) in [6.45, 7) is 20.0. The maximum absolute atomic E-state index is 14.4. The standard InChI is InChI=1S/C35H58N6O7S2/c1-11-13-14-21(27(42)30(44)36-12-2)37-29(43)26-25-20(35(25,9)10)17-41(26)31(45)28(34(6,7)8)39-32(46)38-24(33(3,4)5)19-40-18-22-23(15-16-49-22)50(40,47)48/h20-21,24-26,28H,11-19H2,1-10H3,(H,36,44)(H,37,43)(H2,38,39,46)/t20-,21?,24+,25-,26-,28+/m0/s1. The summed E-state index contributed by atoms with van der Waals surface area (Å²) in [7, 11) is -3.60. The first-order valence-corrected chi connectivity index (χ1v) is 20.3. The number of ketones is 1. The molecule has 282 valence electrons. The van der Waals surface area contributed by atoms with Crippen molar-refractivity contribution in [1.29, 1.82) is 0 Å². The van der Waals surface area contributed by atoms with E-state index in [1.165, 1.54) is 9.21 Å². The molecular formula is C35H58N6O7S2. The van der Waals surface area contributed by atoms with E-state index in [0.717, 1.165) is 17.1 Å². The highest BCUT2D eigenvalue weighted by atomic mass is 32.2. The Hall–Kier alpha value is -2.65. The summed E-state index contributed by atoms with van der Waals surface area (Å²) in [5.74, 6) is -1.68. The Morgan fingerprint density at radius 3 is 2.20 bits per heavy atom. The number of hydrogen-bond acceptors (Lipinski definition) is 8. The van der Waals surface area contributed by atoms with Crippen molar-refractivity contribution in [3.63, 3.8) is 0 Å². The van der Waals surface area contributed by atoms with Gasteiger partial charge in [-0.05, 0) is 47.8 Å². The van der Waals surface area contributed by atoms with Crippen LogP contribution in [0.25, 0.3) is 0 Å². The number of carbonyl (C=O) groups excluding carboxylic acids is 5. The summed E-state index contributed by atoms with van der Waals surface area (Å²) in [4.78, 5) is 70.6. The van der Waals surface area contributed by atoms with Crippen molar-refractivity contribution in [3.8, 4) is 0 Å². The van der Waals surface area contributed by atoms with Crippen LogP contribution in [0.1, 0.15) is 94.9 Å². The maximum Gasteiger partial charge on any atom is 0.315 e. The van der Waals surface area contributed by atoms with Gasteiger partial charge in [-0.15, -0.1) is 11.8 Å². The molecule has 2 fully saturated rings. The number of rotatable bonds is 13. The number of nitrogens with zero attached hydrogens (tertiary/aromatic N) is 2. The number of carbonyl (C=O) groups is 5. The lowest BCUT2D eigenvalue weighted by Gasteiger charge is -2.39. The molecule has 3 heterocycles. The van der Waals surface area contributed by atoms with Crippen LogP contribution in [-0.2, 0) is 29.2 Å². The van der Waals surface area contributed by atoms with E-state index in [4.69, 9.17) is 0 Å². The molecule has 1 aliphatic carbocycles. The van der Waals surface area contributed by atoms with Crippen molar-refractivity contribution in [1.82, 2.24) is 30.5 Å². The van der Waals surface area contributed by atoms with E-state index in [0.29, 0.717) is 37.3 Å². The van der Waals surface area contributed by atoms with Gasteiger partial charge in [-0.25, -0.2) is 13.2 Å². The Labute approximate surface area is 302 Å². The number of likely N-dealkylation sites (tertiary alicyclic amines) is 1. The number of amides is 5. The van der Waals surface area contributed by atoms with Gasteiger partial charge in [0, 0.05) is 42.9 Å². The molecule has 0 radical (unpaired) electrons. The lowest BCUT2D eigenvalue weighted by atomic mass is 9.85. The molecule has 1 unspecified atom stereocenters. The second-order valence-electron chi connectivity index (χ2n) is 16.9. The van der Waals surface area contributed by atoms with E-state index in [1.807, 2.05) is 48.5 Å². The Kier molecular flexibility index (Phi) is 11.8. The average molecular weight is 739 g/mol. The van der Waals surface area contributed by atoms with Crippen LogP contribution >= 0.6 is 11.8 Å². The summed E-state index contributed by atoms with van der Waals surface area (Å²) in [5, 5.41) is 11.2. The van der Waals surface area contributed by atoms with Gasteiger partial charge in [0.25, 0.3) is 5.91 Å². The van der Waals surface area contributed by atoms with Gasteiger partial charge in [0.05, 0.1) is 10.9 Å². The third-order valence-corrected chi connectivity index (χ3v) is 14.1. The predicted octanol–water partition coefficient (Wildman–Crippen LogP) is 2.97. The molecule has 4 aliphatic rings. The fourth-order valence-electron chi connectivity index (χ4n) is 7.50. The Morgan fingerprint density at radius 1 is 0.980 bits per heavy atom. The van der Waals surface area contributed by atoms with Crippen molar-refractivity contribution in [3.05, 3.63) is 9.81 Å². The van der Waals surface area contributed by atoms with Gasteiger partial charge in [-0.2, -0.15) is 4.31 Å². The fourth-order valence-corrected chi connectivity index (χ4v) is 10.9. The zero-order valence-electron chi connectivity index (χ0n) is 31.4. The first-order valence-electron chi connectivity index (χ1n) is 17.9. The highest BCUT2D eigenvalue weighted by Crippen LogP contribution is 2.65. The molecule has 6 atom stereocenters. The molecule has 13 nitrogen and oxygen atoms in total. The van der Waals surface area contributed by atoms with Crippen molar-refractivity contribution in [2.45, 2.75) is 119 Å². The Morgan fingerprint density at radius 2 is 1.64 bits per heavy atom. The van der Waals surface area contributed by atoms with Crippen LogP contribution in [0.15, 0.2) is 9.81 Å². The number of fused-ring (bicyclic) bond motifs is 1. The normalized spacial score (nSPS) is 25.6. The van der Waals surface area contributed by atoms with Gasteiger partial charge < -0.3 is 26.2 Å². The SMILES string of the molecule is CCCCC(NC(=O)[C@@H]1[C@@H]2[C@H](CN1C(=O)[C@@H](NC(=O)N[C@H](CN1CC3=C(CCS3)S1(=O)=O)C(C)(C)C)C(C)(C)C)C2(C)C)C(=O)C(=O)NCC. The first kappa shape index (κ1) is 40.1. The molecule has 0 aromatic rings. The third kappa shape index (κ3) is 8.19. The number of unbranched alkanes of at least 4 members (excludes halogenated alkanes) is 1. The van der Waals surface area contributed by atoms with Gasteiger partial charge >= 0.3 is 6.03 Å². The largest absolute Gasteiger partial charge is 0.350 e. The molecule has 0 aromatic carbocycles. The molecule has 0 spiro atoms. The minimum atomic E-state index is -3.60. The number of allylic oxidation sites excluding steroid dienone is 1. The minimum Gasteiger partial charge on any atom is -0.350 e. The van der Waals surface area contributed by atoms with Crippen LogP contribution in [0.3, 0.4) is 0 Å². The van der Waals surface area contributed by atoms with Crippen molar-refractivity contribution < 1.29 is 32.4 Å². The van der Waals surface area contributed by atoms with Crippen LogP contribution in [0.4, 0.5) is 4.79 Å². The zero-order chi connectivity index (χ0) is 37.6. The molecule has 5 amide bonds. The smallest absolute Gasteiger partial charge is 0.315 e. The monoisotopic (exact) mass is 738 g/mol. The van der Waals surface area contributed by atoms with Gasteiger partial charge in [0.1, 0.15) is 12.1 Å². The molecule has 0 aromatic heterocycles. The molecule has 3 aliphatic heterocycles. The van der Waals surface area contributed by atoms with Crippen molar-refractivity contribution >= 4 is 51.3 Å². The summed E-state index contributed by atoms with van der Waals surface area (Å²) in [5.41, 5.74) is -1.47. The second kappa shape index (κ2) is 14.8. The number of Topliss-reactive ketones (excluding diaryl/α,β-unsaturated/α-hetero) is 1. The number of nitrogens with one attached hydrogen (secondary N) is 4. The summed E-state index contributed by atoms with van der Waals surface area (Å²) in [6, 6.07) is -4.10. The van der Waals surface area contributed by atoms with Crippen LogP contribution in [0.2, 0.25) is 0 Å². The highest BCUT2D eigenvalue weighted by Gasteiger charge is 2.70. The predicted molar refractivity (Wildman–Crippen MR) is 194 cm³/mol. The van der Waals surface area contributed by atoms with Crippen molar-refractivity contribution in [2.75, 3.05) is 31.9 Å². The number of hydrogen-bond donors (Lipinski definition) is 4. The zero-order valence-corrected chi connectivity index (χ0v) is 33.0. The van der Waals surface area contributed by atoms with Gasteiger partial charge in [-0.1, -0.05) is 75.2 Å². The lowest BCUT2D eigenvalue weighted by Crippen LogP contribution is -2.62. The van der Waals surface area contributed by atoms with Crippen LogP contribution in [0.5, 0.6) is 0 Å². The highest BCUT2D eigenvalue weighted by molar-refractivity contribution is 8.05. The van der Waals surface area contributed by atoms with E-state index in [9.17, 15) is 32.4 Å². The minimum absolute atomic E-state index is 0.0610. The number of piperidine rings is 1. The van der Waals surface area contributed by atoms with E-state index >= 15 is 0 Å². The Bertz CT molecular complexity index is 1510. The number of urea groups is 1. The summed E-state index contributed by atoms with van der Waals surface area (Å²) in [6.07, 6.45) is 2.21.